The minimum absolute atomic E-state index is 0.402. The highest BCUT2D eigenvalue weighted by molar-refractivity contribution is 6.30. The molecule has 0 N–H and O–H groups in total. The van der Waals surface area contributed by atoms with Crippen molar-refractivity contribution in [3.63, 3.8) is 0 Å². The van der Waals surface area contributed by atoms with Crippen LogP contribution in [0.2, 0.25) is 5.15 Å². The third kappa shape index (κ3) is 1.09. The molecular formula is C7H5ClN2. The van der Waals surface area contributed by atoms with Gasteiger partial charge in [0.25, 0.3) is 0 Å². The number of hydrogen-bond donors (Lipinski definition) is 0. The first-order valence-electron chi connectivity index (χ1n) is 2.77. The monoisotopic (exact) mass is 152 g/mol. The van der Waals surface area contributed by atoms with Gasteiger partial charge in [-0.2, -0.15) is 5.26 Å². The van der Waals surface area contributed by atoms with E-state index < -0.39 is 0 Å². The molecule has 0 fully saturated rings. The maximum atomic E-state index is 8.51. The summed E-state index contributed by atoms with van der Waals surface area (Å²) in [6.45, 7) is 1.77. The highest BCUT2D eigenvalue weighted by Gasteiger charge is 1.99. The van der Waals surface area contributed by atoms with Crippen LogP contribution in [0, 0.1) is 18.3 Å². The molecule has 0 aliphatic carbocycles. The van der Waals surface area contributed by atoms with Crippen LogP contribution in [0.4, 0.5) is 0 Å². The number of nitrogens with zero attached hydrogens (tertiary/aromatic N) is 2. The van der Waals surface area contributed by atoms with E-state index in [1.807, 2.05) is 6.07 Å². The first kappa shape index (κ1) is 7.04. The first-order valence-corrected chi connectivity index (χ1v) is 3.14. The van der Waals surface area contributed by atoms with E-state index >= 15 is 0 Å². The van der Waals surface area contributed by atoms with Gasteiger partial charge in [0.05, 0.1) is 11.6 Å². The average Bonchev–Trinajstić information content (AvgIpc) is 1.95. The van der Waals surface area contributed by atoms with Crippen molar-refractivity contribution in [2.75, 3.05) is 0 Å². The Bertz CT molecular complexity index is 288. The zero-order chi connectivity index (χ0) is 7.56. The van der Waals surface area contributed by atoms with Gasteiger partial charge in [0.15, 0.2) is 0 Å². The summed E-state index contributed by atoms with van der Waals surface area (Å²) in [5, 5.41) is 8.91. The normalized spacial score (nSPS) is 8.90. The summed E-state index contributed by atoms with van der Waals surface area (Å²) in [6, 6.07) is 3.65. The molecule has 0 saturated heterocycles. The van der Waals surface area contributed by atoms with Crippen LogP contribution in [0.15, 0.2) is 12.3 Å². The molecule has 0 radical (unpaired) electrons. The van der Waals surface area contributed by atoms with Gasteiger partial charge in [-0.1, -0.05) is 11.6 Å². The van der Waals surface area contributed by atoms with Crippen molar-refractivity contribution >= 4 is 11.6 Å². The Hall–Kier alpha value is -1.07. The van der Waals surface area contributed by atoms with Gasteiger partial charge in [-0.3, -0.25) is 0 Å². The van der Waals surface area contributed by atoms with Crippen LogP contribution in [0.3, 0.4) is 0 Å². The zero-order valence-corrected chi connectivity index (χ0v) is 6.18. The van der Waals surface area contributed by atoms with Crippen LogP contribution in [0.5, 0.6) is 0 Å². The Balaban J connectivity index is 3.31. The van der Waals surface area contributed by atoms with Gasteiger partial charge in [0.1, 0.15) is 5.15 Å². The van der Waals surface area contributed by atoms with Crippen LogP contribution >= 0.6 is 11.6 Å². The summed E-state index contributed by atoms with van der Waals surface area (Å²) in [5.74, 6) is 0. The predicted octanol–water partition coefficient (Wildman–Crippen LogP) is 1.92. The molecule has 0 aliphatic heterocycles. The number of hydrogen-bond acceptors (Lipinski definition) is 2. The molecule has 1 aromatic rings. The number of halogens is 1. The molecule has 0 aliphatic rings. The molecule has 3 heteroatoms. The van der Waals surface area contributed by atoms with Crippen LogP contribution in [0.1, 0.15) is 11.1 Å². The Morgan fingerprint density at radius 2 is 2.40 bits per heavy atom. The van der Waals surface area contributed by atoms with Gasteiger partial charge in [-0.15, -0.1) is 0 Å². The quantitative estimate of drug-likeness (QED) is 0.533. The van der Waals surface area contributed by atoms with E-state index in [2.05, 4.69) is 4.98 Å². The third-order valence-electron chi connectivity index (χ3n) is 1.26. The minimum atomic E-state index is 0.402. The van der Waals surface area contributed by atoms with E-state index in [-0.39, 0.29) is 0 Å². The zero-order valence-electron chi connectivity index (χ0n) is 5.43. The highest BCUT2D eigenvalue weighted by atomic mass is 35.5. The van der Waals surface area contributed by atoms with Gasteiger partial charge in [-0.25, -0.2) is 4.98 Å². The molecule has 2 nitrogen and oxygen atoms in total. The second-order valence-electron chi connectivity index (χ2n) is 1.89. The molecule has 0 atom stereocenters. The van der Waals surface area contributed by atoms with E-state index in [1.54, 1.807) is 13.0 Å². The molecule has 50 valence electrons. The maximum Gasteiger partial charge on any atom is 0.133 e. The van der Waals surface area contributed by atoms with E-state index in [0.717, 1.165) is 5.56 Å². The van der Waals surface area contributed by atoms with Crippen molar-refractivity contribution in [3.8, 4) is 6.07 Å². The van der Waals surface area contributed by atoms with Crippen molar-refractivity contribution in [2.24, 2.45) is 0 Å². The molecule has 0 aromatic carbocycles. The van der Waals surface area contributed by atoms with E-state index in [9.17, 15) is 0 Å². The van der Waals surface area contributed by atoms with E-state index in [1.165, 1.54) is 6.20 Å². The molecular weight excluding hydrogens is 148 g/mol. The molecule has 10 heavy (non-hydrogen) atoms. The first-order chi connectivity index (χ1) is 4.75. The second-order valence-corrected chi connectivity index (χ2v) is 2.24. The van der Waals surface area contributed by atoms with Crippen LogP contribution < -0.4 is 0 Å². The smallest absolute Gasteiger partial charge is 0.133 e. The Morgan fingerprint density at radius 3 is 2.90 bits per heavy atom. The third-order valence-corrected chi connectivity index (χ3v) is 1.64. The van der Waals surface area contributed by atoms with Crippen LogP contribution in [-0.2, 0) is 0 Å². The fourth-order valence-corrected chi connectivity index (χ4v) is 0.789. The van der Waals surface area contributed by atoms with Crippen molar-refractivity contribution in [1.29, 1.82) is 5.26 Å². The highest BCUT2D eigenvalue weighted by Crippen LogP contribution is 2.13. The SMILES string of the molecule is Cc1c(C#N)ccnc1Cl. The largest absolute Gasteiger partial charge is 0.244 e. The fraction of sp³-hybridized carbons (Fsp3) is 0.143. The predicted molar refractivity (Wildman–Crippen MR) is 38.7 cm³/mol. The molecule has 0 unspecified atom stereocenters. The lowest BCUT2D eigenvalue weighted by molar-refractivity contribution is 1.25. The second kappa shape index (κ2) is 2.68. The Kier molecular flexibility index (Phi) is 1.88. The molecule has 0 saturated carbocycles. The summed E-state index contributed by atoms with van der Waals surface area (Å²) in [4.78, 5) is 3.80. The molecule has 0 bridgehead atoms. The number of pyridine rings is 1. The molecule has 1 rings (SSSR count). The van der Waals surface area contributed by atoms with Crippen molar-refractivity contribution < 1.29 is 0 Å². The lowest BCUT2D eigenvalue weighted by Gasteiger charge is -1.95. The van der Waals surface area contributed by atoms with Gasteiger partial charge in [0, 0.05) is 11.8 Å². The summed E-state index contributed by atoms with van der Waals surface area (Å²) in [5.41, 5.74) is 1.33. The molecule has 0 amide bonds. The van der Waals surface area contributed by atoms with Gasteiger partial charge < -0.3 is 0 Å². The molecule has 1 aromatic heterocycles. The summed E-state index contributed by atoms with van der Waals surface area (Å²) >= 11 is 5.63. The van der Waals surface area contributed by atoms with Gasteiger partial charge in [0.2, 0.25) is 0 Å². The van der Waals surface area contributed by atoms with Crippen LogP contribution in [-0.4, -0.2) is 4.98 Å². The topological polar surface area (TPSA) is 36.7 Å². The average molecular weight is 153 g/mol. The Labute approximate surface area is 64.1 Å². The summed E-state index contributed by atoms with van der Waals surface area (Å²) < 4.78 is 0. The summed E-state index contributed by atoms with van der Waals surface area (Å²) in [6.07, 6.45) is 1.52. The van der Waals surface area contributed by atoms with Crippen molar-refractivity contribution in [3.05, 3.63) is 28.5 Å². The number of aromatic nitrogens is 1. The molecule has 0 spiro atoms. The van der Waals surface area contributed by atoms with Gasteiger partial charge in [-0.05, 0) is 13.0 Å². The Morgan fingerprint density at radius 1 is 1.70 bits per heavy atom. The minimum Gasteiger partial charge on any atom is -0.244 e. The fourth-order valence-electron chi connectivity index (χ4n) is 0.631. The van der Waals surface area contributed by atoms with E-state index in [0.29, 0.717) is 10.7 Å². The van der Waals surface area contributed by atoms with E-state index in [4.69, 9.17) is 16.9 Å². The maximum absolute atomic E-state index is 8.51. The lowest BCUT2D eigenvalue weighted by atomic mass is 10.2. The van der Waals surface area contributed by atoms with Crippen molar-refractivity contribution in [2.45, 2.75) is 6.92 Å². The summed E-state index contributed by atoms with van der Waals surface area (Å²) in [7, 11) is 0. The van der Waals surface area contributed by atoms with Crippen LogP contribution in [0.25, 0.3) is 0 Å². The number of rotatable bonds is 0. The van der Waals surface area contributed by atoms with Crippen molar-refractivity contribution in [1.82, 2.24) is 4.98 Å². The standard InChI is InChI=1S/C7H5ClN2/c1-5-6(4-9)2-3-10-7(5)8/h2-3H,1H3. The molecule has 1 heterocycles. The lowest BCUT2D eigenvalue weighted by Crippen LogP contribution is -1.85. The van der Waals surface area contributed by atoms with Gasteiger partial charge >= 0.3 is 0 Å². The number of nitriles is 1.